The third-order valence-corrected chi connectivity index (χ3v) is 3.06. The van der Waals surface area contributed by atoms with Gasteiger partial charge in [0.15, 0.2) is 0 Å². The molecule has 0 amide bonds. The molecule has 0 unspecified atom stereocenters. The molecule has 0 aromatic carbocycles. The summed E-state index contributed by atoms with van der Waals surface area (Å²) in [6.07, 6.45) is -4.20. The van der Waals surface area contributed by atoms with Crippen LogP contribution in [0.3, 0.4) is 0 Å². The zero-order valence-electron chi connectivity index (χ0n) is 7.70. The predicted octanol–water partition coefficient (Wildman–Crippen LogP) is 4.20. The Labute approximate surface area is 79.4 Å². The zero-order chi connectivity index (χ0) is 10.2. The number of hydrogen-bond acceptors (Lipinski definition) is 1. The Bertz CT molecular complexity index is 296. The van der Waals surface area contributed by atoms with E-state index >= 15 is 0 Å². The van der Waals surface area contributed by atoms with E-state index in [-0.39, 0.29) is 5.92 Å². The van der Waals surface area contributed by atoms with Crippen molar-refractivity contribution in [3.63, 3.8) is 0 Å². The van der Waals surface area contributed by atoms with Crippen LogP contribution in [0.1, 0.15) is 35.1 Å². The van der Waals surface area contributed by atoms with Crippen molar-refractivity contribution in [3.8, 4) is 0 Å². The lowest BCUT2D eigenvalue weighted by molar-refractivity contribution is -0.138. The molecule has 4 heteroatoms. The summed E-state index contributed by atoms with van der Waals surface area (Å²) >= 11 is 1.23. The van der Waals surface area contributed by atoms with Crippen LogP contribution in [0.5, 0.6) is 0 Å². The fourth-order valence-corrected chi connectivity index (χ4v) is 2.23. The van der Waals surface area contributed by atoms with Gasteiger partial charge in [-0.1, -0.05) is 13.8 Å². The van der Waals surface area contributed by atoms with Gasteiger partial charge in [-0.2, -0.15) is 13.2 Å². The molecule has 1 aromatic rings. The molecule has 74 valence electrons. The van der Waals surface area contributed by atoms with Crippen molar-refractivity contribution in [1.82, 2.24) is 0 Å². The number of halogens is 3. The molecule has 0 bridgehead atoms. The third-order valence-electron chi connectivity index (χ3n) is 1.71. The molecule has 0 saturated heterocycles. The molecule has 1 rings (SSSR count). The van der Waals surface area contributed by atoms with Gasteiger partial charge in [-0.05, 0) is 18.9 Å². The van der Waals surface area contributed by atoms with Crippen LogP contribution >= 0.6 is 11.3 Å². The molecule has 13 heavy (non-hydrogen) atoms. The van der Waals surface area contributed by atoms with E-state index in [1.54, 1.807) is 20.8 Å². The summed E-state index contributed by atoms with van der Waals surface area (Å²) in [5, 5.41) is 0. The van der Waals surface area contributed by atoms with Crippen LogP contribution in [-0.2, 0) is 6.18 Å². The van der Waals surface area contributed by atoms with Gasteiger partial charge in [-0.3, -0.25) is 0 Å². The molecular formula is C9H11F3S. The lowest BCUT2D eigenvalue weighted by Crippen LogP contribution is -2.06. The molecular weight excluding hydrogens is 197 g/mol. The molecule has 0 saturated carbocycles. The van der Waals surface area contributed by atoms with Gasteiger partial charge in [0.25, 0.3) is 0 Å². The maximum Gasteiger partial charge on any atom is 0.417 e. The Hall–Kier alpha value is -0.510. The van der Waals surface area contributed by atoms with Crippen LogP contribution in [0, 0.1) is 6.92 Å². The summed E-state index contributed by atoms with van der Waals surface area (Å²) in [5.41, 5.74) is -0.468. The van der Waals surface area contributed by atoms with Crippen LogP contribution < -0.4 is 0 Å². The number of thiophene rings is 1. The summed E-state index contributed by atoms with van der Waals surface area (Å²) in [6, 6.07) is 1.22. The summed E-state index contributed by atoms with van der Waals surface area (Å²) in [4.78, 5) is 1.15. The average molecular weight is 208 g/mol. The van der Waals surface area contributed by atoms with Gasteiger partial charge in [-0.25, -0.2) is 0 Å². The molecule has 0 N–H and O–H groups in total. The van der Waals surface area contributed by atoms with Gasteiger partial charge in [0.1, 0.15) is 0 Å². The van der Waals surface area contributed by atoms with E-state index in [9.17, 15) is 13.2 Å². The Balaban J connectivity index is 3.20. The maximum absolute atomic E-state index is 12.4. The Morgan fingerprint density at radius 2 is 1.85 bits per heavy atom. The highest BCUT2D eigenvalue weighted by molar-refractivity contribution is 7.12. The molecule has 0 fully saturated rings. The highest BCUT2D eigenvalue weighted by Crippen LogP contribution is 2.39. The molecule has 0 radical (unpaired) electrons. The quantitative estimate of drug-likeness (QED) is 0.648. The van der Waals surface area contributed by atoms with Crippen LogP contribution in [-0.4, -0.2) is 0 Å². The van der Waals surface area contributed by atoms with Gasteiger partial charge >= 0.3 is 6.18 Å². The second-order valence-electron chi connectivity index (χ2n) is 3.29. The molecule has 0 atom stereocenters. The second-order valence-corrected chi connectivity index (χ2v) is 4.58. The van der Waals surface area contributed by atoms with Crippen molar-refractivity contribution in [2.24, 2.45) is 0 Å². The smallest absolute Gasteiger partial charge is 0.166 e. The van der Waals surface area contributed by atoms with Crippen molar-refractivity contribution >= 4 is 11.3 Å². The molecule has 0 spiro atoms. The van der Waals surface area contributed by atoms with E-state index in [4.69, 9.17) is 0 Å². The second kappa shape index (κ2) is 3.33. The minimum absolute atomic E-state index is 0.0599. The van der Waals surface area contributed by atoms with Gasteiger partial charge < -0.3 is 0 Å². The highest BCUT2D eigenvalue weighted by atomic mass is 32.1. The minimum atomic E-state index is -4.20. The van der Waals surface area contributed by atoms with Gasteiger partial charge in [-0.15, -0.1) is 11.3 Å². The van der Waals surface area contributed by atoms with Crippen molar-refractivity contribution in [2.75, 3.05) is 0 Å². The topological polar surface area (TPSA) is 0 Å². The number of rotatable bonds is 1. The van der Waals surface area contributed by atoms with E-state index in [2.05, 4.69) is 0 Å². The first-order chi connectivity index (χ1) is 5.82. The molecule has 0 aliphatic heterocycles. The fraction of sp³-hybridized carbons (Fsp3) is 0.556. The maximum atomic E-state index is 12.4. The fourth-order valence-electron chi connectivity index (χ4n) is 1.18. The Morgan fingerprint density at radius 1 is 1.31 bits per heavy atom. The van der Waals surface area contributed by atoms with E-state index < -0.39 is 11.7 Å². The lowest BCUT2D eigenvalue weighted by atomic mass is 10.1. The number of aryl methyl sites for hydroxylation is 1. The number of hydrogen-bond donors (Lipinski definition) is 0. The Kier molecular flexibility index (Phi) is 2.71. The highest BCUT2D eigenvalue weighted by Gasteiger charge is 2.35. The summed E-state index contributed by atoms with van der Waals surface area (Å²) < 4.78 is 37.3. The van der Waals surface area contributed by atoms with E-state index in [1.807, 2.05) is 0 Å². The molecule has 0 nitrogen and oxygen atoms in total. The van der Waals surface area contributed by atoms with E-state index in [1.165, 1.54) is 17.4 Å². The Morgan fingerprint density at radius 3 is 2.15 bits per heavy atom. The molecule has 1 heterocycles. The number of alkyl halides is 3. The van der Waals surface area contributed by atoms with Crippen LogP contribution in [0.2, 0.25) is 0 Å². The lowest BCUT2D eigenvalue weighted by Gasteiger charge is -2.09. The molecule has 0 aliphatic rings. The third kappa shape index (κ3) is 2.24. The van der Waals surface area contributed by atoms with Gasteiger partial charge in [0.2, 0.25) is 0 Å². The zero-order valence-corrected chi connectivity index (χ0v) is 8.51. The standard InChI is InChI=1S/C9H11F3S/c1-5(2)8-7(9(10,11)12)4-6(3)13-8/h4-5H,1-3H3. The summed E-state index contributed by atoms with van der Waals surface area (Å²) in [6.45, 7) is 5.26. The predicted molar refractivity (Wildman–Crippen MR) is 48.1 cm³/mol. The van der Waals surface area contributed by atoms with E-state index in [0.29, 0.717) is 4.88 Å². The van der Waals surface area contributed by atoms with E-state index in [0.717, 1.165) is 4.88 Å². The van der Waals surface area contributed by atoms with Gasteiger partial charge in [0.05, 0.1) is 5.56 Å². The largest absolute Gasteiger partial charge is 0.417 e. The van der Waals surface area contributed by atoms with Crippen molar-refractivity contribution in [1.29, 1.82) is 0 Å². The first-order valence-corrected chi connectivity index (χ1v) is 4.81. The first kappa shape index (κ1) is 10.6. The van der Waals surface area contributed by atoms with Crippen LogP contribution in [0.4, 0.5) is 13.2 Å². The van der Waals surface area contributed by atoms with Crippen molar-refractivity contribution in [3.05, 3.63) is 21.4 Å². The summed E-state index contributed by atoms with van der Waals surface area (Å²) in [5.74, 6) is -0.0599. The summed E-state index contributed by atoms with van der Waals surface area (Å²) in [7, 11) is 0. The molecule has 0 aliphatic carbocycles. The normalized spacial score (nSPS) is 12.5. The average Bonchev–Trinajstić information content (AvgIpc) is 2.29. The minimum Gasteiger partial charge on any atom is -0.166 e. The van der Waals surface area contributed by atoms with Crippen molar-refractivity contribution < 1.29 is 13.2 Å². The molecule has 1 aromatic heterocycles. The van der Waals surface area contributed by atoms with Gasteiger partial charge in [0, 0.05) is 9.75 Å². The van der Waals surface area contributed by atoms with Crippen molar-refractivity contribution in [2.45, 2.75) is 32.9 Å². The SMILES string of the molecule is Cc1cc(C(F)(F)F)c(C(C)C)s1. The monoisotopic (exact) mass is 208 g/mol. The van der Waals surface area contributed by atoms with Crippen LogP contribution in [0.15, 0.2) is 6.07 Å². The first-order valence-electron chi connectivity index (χ1n) is 4.00. The van der Waals surface area contributed by atoms with Crippen LogP contribution in [0.25, 0.3) is 0 Å².